The molecule has 0 aliphatic carbocycles. The van der Waals surface area contributed by atoms with Gasteiger partial charge >= 0.3 is 0 Å². The van der Waals surface area contributed by atoms with Crippen LogP contribution in [0.25, 0.3) is 22.6 Å². The molecule has 20 heavy (non-hydrogen) atoms. The van der Waals surface area contributed by atoms with E-state index in [-0.39, 0.29) is 5.69 Å². The molecule has 0 amide bonds. The molecular formula is C15H11N3O2. The van der Waals surface area contributed by atoms with E-state index in [1.165, 1.54) is 12.1 Å². The van der Waals surface area contributed by atoms with Gasteiger partial charge in [0.25, 0.3) is 5.69 Å². The molecule has 0 saturated heterocycles. The van der Waals surface area contributed by atoms with Crippen LogP contribution in [0.5, 0.6) is 0 Å². The Hall–Kier alpha value is -2.95. The third kappa shape index (κ3) is 2.29. The van der Waals surface area contributed by atoms with Crippen molar-refractivity contribution in [1.82, 2.24) is 9.97 Å². The van der Waals surface area contributed by atoms with Crippen LogP contribution in [0.4, 0.5) is 5.69 Å². The minimum atomic E-state index is -0.412. The first kappa shape index (κ1) is 12.1. The summed E-state index contributed by atoms with van der Waals surface area (Å²) in [6.07, 6.45) is 1.80. The van der Waals surface area contributed by atoms with E-state index in [4.69, 9.17) is 0 Å². The molecule has 0 aliphatic heterocycles. The SMILES string of the molecule is O=[N+]([O-])c1cccc(-c2nc(-c3ccccc3)c[nH]2)c1. The van der Waals surface area contributed by atoms with Crippen LogP contribution in [-0.2, 0) is 0 Å². The lowest BCUT2D eigenvalue weighted by Gasteiger charge is -1.97. The third-order valence-electron chi connectivity index (χ3n) is 2.98. The Labute approximate surface area is 115 Å². The highest BCUT2D eigenvalue weighted by Gasteiger charge is 2.10. The minimum Gasteiger partial charge on any atom is -0.344 e. The smallest absolute Gasteiger partial charge is 0.270 e. The molecule has 1 aromatic heterocycles. The van der Waals surface area contributed by atoms with Crippen molar-refractivity contribution in [3.05, 3.63) is 70.9 Å². The number of non-ortho nitro benzene ring substituents is 1. The molecular weight excluding hydrogens is 254 g/mol. The number of rotatable bonds is 3. The Morgan fingerprint density at radius 1 is 1.00 bits per heavy atom. The normalized spacial score (nSPS) is 10.4. The fourth-order valence-electron chi connectivity index (χ4n) is 1.99. The second-order valence-electron chi connectivity index (χ2n) is 4.31. The second kappa shape index (κ2) is 4.97. The maximum absolute atomic E-state index is 10.8. The molecule has 5 nitrogen and oxygen atoms in total. The quantitative estimate of drug-likeness (QED) is 0.580. The molecule has 0 fully saturated rings. The Kier molecular flexibility index (Phi) is 3.01. The van der Waals surface area contributed by atoms with Crippen molar-refractivity contribution in [2.75, 3.05) is 0 Å². The summed E-state index contributed by atoms with van der Waals surface area (Å²) in [6, 6.07) is 16.2. The summed E-state index contributed by atoms with van der Waals surface area (Å²) in [4.78, 5) is 17.9. The molecule has 3 rings (SSSR count). The van der Waals surface area contributed by atoms with Crippen LogP contribution in [0.3, 0.4) is 0 Å². The highest BCUT2D eigenvalue weighted by atomic mass is 16.6. The van der Waals surface area contributed by atoms with Crippen molar-refractivity contribution in [3.8, 4) is 22.6 Å². The topological polar surface area (TPSA) is 71.8 Å². The first-order valence-electron chi connectivity index (χ1n) is 6.10. The van der Waals surface area contributed by atoms with Gasteiger partial charge in [-0.3, -0.25) is 10.1 Å². The minimum absolute atomic E-state index is 0.0557. The molecule has 2 aromatic carbocycles. The number of nitro groups is 1. The van der Waals surface area contributed by atoms with Crippen LogP contribution in [0.1, 0.15) is 0 Å². The number of benzene rings is 2. The first-order chi connectivity index (χ1) is 9.74. The number of aromatic amines is 1. The fourth-order valence-corrected chi connectivity index (χ4v) is 1.99. The van der Waals surface area contributed by atoms with Gasteiger partial charge in [0.15, 0.2) is 0 Å². The van der Waals surface area contributed by atoms with E-state index in [0.717, 1.165) is 11.3 Å². The molecule has 0 bridgehead atoms. The van der Waals surface area contributed by atoms with Crippen molar-refractivity contribution in [2.24, 2.45) is 0 Å². The standard InChI is InChI=1S/C15H11N3O2/c19-18(20)13-8-4-7-12(9-13)15-16-10-14(17-15)11-5-2-1-3-6-11/h1-10H,(H,16,17). The molecule has 1 N–H and O–H groups in total. The number of nitrogens with zero attached hydrogens (tertiary/aromatic N) is 2. The van der Waals surface area contributed by atoms with Crippen molar-refractivity contribution in [2.45, 2.75) is 0 Å². The molecule has 0 atom stereocenters. The lowest BCUT2D eigenvalue weighted by atomic mass is 10.2. The zero-order valence-corrected chi connectivity index (χ0v) is 10.5. The van der Waals surface area contributed by atoms with Gasteiger partial charge in [-0.15, -0.1) is 0 Å². The molecule has 98 valence electrons. The average molecular weight is 265 g/mol. The molecule has 5 heteroatoms. The highest BCUT2D eigenvalue weighted by Crippen LogP contribution is 2.24. The number of nitro benzene ring substituents is 1. The fraction of sp³-hybridized carbons (Fsp3) is 0. The summed E-state index contributed by atoms with van der Waals surface area (Å²) < 4.78 is 0. The predicted octanol–water partition coefficient (Wildman–Crippen LogP) is 3.65. The monoisotopic (exact) mass is 265 g/mol. The highest BCUT2D eigenvalue weighted by molar-refractivity contribution is 5.65. The summed E-state index contributed by atoms with van der Waals surface area (Å²) in [5.74, 6) is 0.618. The molecule has 0 saturated carbocycles. The summed E-state index contributed by atoms with van der Waals surface area (Å²) in [5, 5.41) is 10.8. The van der Waals surface area contributed by atoms with Gasteiger partial charge in [0, 0.05) is 29.5 Å². The predicted molar refractivity (Wildman–Crippen MR) is 76.1 cm³/mol. The Balaban J connectivity index is 1.98. The molecule has 0 aliphatic rings. The van der Waals surface area contributed by atoms with E-state index in [2.05, 4.69) is 9.97 Å². The summed E-state index contributed by atoms with van der Waals surface area (Å²) in [6.45, 7) is 0. The van der Waals surface area contributed by atoms with Gasteiger partial charge in [0.1, 0.15) is 5.82 Å². The molecule has 0 radical (unpaired) electrons. The molecule has 0 spiro atoms. The Morgan fingerprint density at radius 3 is 2.50 bits per heavy atom. The summed E-state index contributed by atoms with van der Waals surface area (Å²) in [7, 11) is 0. The number of imidazole rings is 1. The summed E-state index contributed by atoms with van der Waals surface area (Å²) in [5.41, 5.74) is 2.56. The van der Waals surface area contributed by atoms with Crippen molar-refractivity contribution >= 4 is 5.69 Å². The van der Waals surface area contributed by atoms with Crippen LogP contribution in [0.15, 0.2) is 60.8 Å². The number of aromatic nitrogens is 2. The third-order valence-corrected chi connectivity index (χ3v) is 2.98. The van der Waals surface area contributed by atoms with E-state index < -0.39 is 4.92 Å². The van der Waals surface area contributed by atoms with E-state index >= 15 is 0 Å². The van der Waals surface area contributed by atoms with Gasteiger partial charge < -0.3 is 4.98 Å². The molecule has 3 aromatic rings. The van der Waals surface area contributed by atoms with Crippen LogP contribution in [-0.4, -0.2) is 14.9 Å². The number of H-pyrrole nitrogens is 1. The van der Waals surface area contributed by atoms with E-state index in [0.29, 0.717) is 11.4 Å². The van der Waals surface area contributed by atoms with Gasteiger partial charge in [-0.1, -0.05) is 42.5 Å². The van der Waals surface area contributed by atoms with Gasteiger partial charge in [-0.2, -0.15) is 0 Å². The molecule has 0 unspecified atom stereocenters. The summed E-state index contributed by atoms with van der Waals surface area (Å²) >= 11 is 0. The van der Waals surface area contributed by atoms with Gasteiger partial charge in [-0.05, 0) is 0 Å². The van der Waals surface area contributed by atoms with Gasteiger partial charge in [0.05, 0.1) is 10.6 Å². The number of nitrogens with one attached hydrogen (secondary N) is 1. The van der Waals surface area contributed by atoms with E-state index in [1.54, 1.807) is 18.3 Å². The number of hydrogen-bond donors (Lipinski definition) is 1. The Morgan fingerprint density at radius 2 is 1.75 bits per heavy atom. The van der Waals surface area contributed by atoms with Crippen molar-refractivity contribution in [1.29, 1.82) is 0 Å². The first-order valence-corrected chi connectivity index (χ1v) is 6.10. The Bertz CT molecular complexity index is 751. The largest absolute Gasteiger partial charge is 0.344 e. The lowest BCUT2D eigenvalue weighted by Crippen LogP contribution is -1.88. The average Bonchev–Trinajstić information content (AvgIpc) is 2.98. The zero-order chi connectivity index (χ0) is 13.9. The van der Waals surface area contributed by atoms with Gasteiger partial charge in [0.2, 0.25) is 0 Å². The van der Waals surface area contributed by atoms with E-state index in [9.17, 15) is 10.1 Å². The van der Waals surface area contributed by atoms with E-state index in [1.807, 2.05) is 30.3 Å². The van der Waals surface area contributed by atoms with Crippen LogP contribution >= 0.6 is 0 Å². The number of hydrogen-bond acceptors (Lipinski definition) is 3. The lowest BCUT2D eigenvalue weighted by molar-refractivity contribution is -0.384. The van der Waals surface area contributed by atoms with Crippen molar-refractivity contribution in [3.63, 3.8) is 0 Å². The maximum Gasteiger partial charge on any atom is 0.270 e. The van der Waals surface area contributed by atoms with Crippen LogP contribution in [0, 0.1) is 10.1 Å². The maximum atomic E-state index is 10.8. The van der Waals surface area contributed by atoms with Crippen molar-refractivity contribution < 1.29 is 4.92 Å². The molecule has 1 heterocycles. The van der Waals surface area contributed by atoms with Gasteiger partial charge in [-0.25, -0.2) is 4.98 Å². The second-order valence-corrected chi connectivity index (χ2v) is 4.31. The van der Waals surface area contributed by atoms with Crippen LogP contribution < -0.4 is 0 Å². The zero-order valence-electron chi connectivity index (χ0n) is 10.5. The van der Waals surface area contributed by atoms with Crippen LogP contribution in [0.2, 0.25) is 0 Å².